The van der Waals surface area contributed by atoms with Crippen molar-refractivity contribution in [3.63, 3.8) is 0 Å². The standard InChI is InChI=1S/C24H36N6/c1-3-27-12-8-14-29(18-16-27)22-20-23(30-15-9-13-28(4-2)17-19-30)26-24(25-22)21-10-6-5-7-11-21/h5-7,10-11,20H,3-4,8-9,12-19H2,1-2H3. The Morgan fingerprint density at radius 3 is 1.70 bits per heavy atom. The highest BCUT2D eigenvalue weighted by Gasteiger charge is 2.21. The second-order valence-corrected chi connectivity index (χ2v) is 8.32. The number of anilines is 2. The zero-order chi connectivity index (χ0) is 20.8. The molecule has 0 unspecified atom stereocenters. The zero-order valence-corrected chi connectivity index (χ0v) is 18.6. The van der Waals surface area contributed by atoms with Crippen LogP contribution in [0.2, 0.25) is 0 Å². The van der Waals surface area contributed by atoms with Crippen LogP contribution in [0, 0.1) is 0 Å². The summed E-state index contributed by atoms with van der Waals surface area (Å²) in [7, 11) is 0. The van der Waals surface area contributed by atoms with Crippen LogP contribution in [0.1, 0.15) is 26.7 Å². The highest BCUT2D eigenvalue weighted by atomic mass is 15.3. The SMILES string of the molecule is CCN1CCCN(c2cc(N3CCCN(CC)CC3)nc(-c3ccccc3)n2)CC1. The first-order valence-corrected chi connectivity index (χ1v) is 11.7. The highest BCUT2D eigenvalue weighted by Crippen LogP contribution is 2.26. The third-order valence-corrected chi connectivity index (χ3v) is 6.45. The van der Waals surface area contributed by atoms with Crippen molar-refractivity contribution < 1.29 is 0 Å². The summed E-state index contributed by atoms with van der Waals surface area (Å²) in [6.07, 6.45) is 2.37. The molecular weight excluding hydrogens is 372 g/mol. The molecule has 2 aliphatic rings. The Hall–Kier alpha value is -2.18. The zero-order valence-electron chi connectivity index (χ0n) is 18.6. The number of aromatic nitrogens is 2. The molecule has 162 valence electrons. The Balaban J connectivity index is 1.65. The van der Waals surface area contributed by atoms with Crippen molar-refractivity contribution in [3.8, 4) is 11.4 Å². The van der Waals surface area contributed by atoms with Crippen LogP contribution in [0.5, 0.6) is 0 Å². The first kappa shape index (κ1) is 21.1. The molecule has 2 saturated heterocycles. The fraction of sp³-hybridized carbons (Fsp3) is 0.583. The molecule has 0 saturated carbocycles. The van der Waals surface area contributed by atoms with Gasteiger partial charge >= 0.3 is 0 Å². The molecule has 6 heteroatoms. The van der Waals surface area contributed by atoms with Gasteiger partial charge in [0, 0.05) is 50.9 Å². The molecule has 0 spiro atoms. The van der Waals surface area contributed by atoms with E-state index in [4.69, 9.17) is 9.97 Å². The van der Waals surface area contributed by atoms with Crippen molar-refractivity contribution in [1.29, 1.82) is 0 Å². The maximum atomic E-state index is 5.03. The third kappa shape index (κ3) is 5.10. The van der Waals surface area contributed by atoms with Gasteiger partial charge in [0.1, 0.15) is 11.6 Å². The molecule has 4 rings (SSSR count). The highest BCUT2D eigenvalue weighted by molar-refractivity contribution is 5.62. The minimum Gasteiger partial charge on any atom is -0.355 e. The fourth-order valence-electron chi connectivity index (χ4n) is 4.49. The molecular formula is C24H36N6. The monoisotopic (exact) mass is 408 g/mol. The molecule has 0 radical (unpaired) electrons. The Labute approximate surface area is 181 Å². The van der Waals surface area contributed by atoms with Crippen molar-refractivity contribution >= 4 is 11.6 Å². The maximum Gasteiger partial charge on any atom is 0.163 e. The summed E-state index contributed by atoms with van der Waals surface area (Å²) in [4.78, 5) is 20.1. The number of rotatable bonds is 5. The second-order valence-electron chi connectivity index (χ2n) is 8.32. The quantitative estimate of drug-likeness (QED) is 0.757. The van der Waals surface area contributed by atoms with Crippen LogP contribution in [-0.2, 0) is 0 Å². The first-order valence-electron chi connectivity index (χ1n) is 11.7. The third-order valence-electron chi connectivity index (χ3n) is 6.45. The predicted octanol–water partition coefficient (Wildman–Crippen LogP) is 3.21. The number of hydrogen-bond acceptors (Lipinski definition) is 6. The number of likely N-dealkylation sites (N-methyl/N-ethyl adjacent to an activating group) is 2. The summed E-state index contributed by atoms with van der Waals surface area (Å²) in [5.41, 5.74) is 1.09. The van der Waals surface area contributed by atoms with Crippen LogP contribution in [-0.4, -0.2) is 85.2 Å². The first-order chi connectivity index (χ1) is 14.8. The van der Waals surface area contributed by atoms with Crippen LogP contribution < -0.4 is 9.80 Å². The molecule has 1 aromatic carbocycles. The minimum absolute atomic E-state index is 0.844. The Morgan fingerprint density at radius 2 is 1.20 bits per heavy atom. The second kappa shape index (κ2) is 10.2. The predicted molar refractivity (Wildman–Crippen MR) is 125 cm³/mol. The Morgan fingerprint density at radius 1 is 0.667 bits per heavy atom. The molecule has 2 aliphatic heterocycles. The fourth-order valence-corrected chi connectivity index (χ4v) is 4.49. The summed E-state index contributed by atoms with van der Waals surface area (Å²) in [5, 5.41) is 0. The van der Waals surface area contributed by atoms with Gasteiger partial charge in [-0.05, 0) is 39.0 Å². The molecule has 0 N–H and O–H groups in total. The van der Waals surface area contributed by atoms with Crippen molar-refractivity contribution in [2.45, 2.75) is 26.7 Å². The lowest BCUT2D eigenvalue weighted by Gasteiger charge is -2.26. The molecule has 2 aromatic rings. The van der Waals surface area contributed by atoms with Gasteiger partial charge in [-0.25, -0.2) is 9.97 Å². The maximum absolute atomic E-state index is 5.03. The van der Waals surface area contributed by atoms with Gasteiger partial charge in [0.05, 0.1) is 0 Å². The summed E-state index contributed by atoms with van der Waals surface area (Å²) in [6.45, 7) is 15.5. The van der Waals surface area contributed by atoms with E-state index in [2.05, 4.69) is 69.8 Å². The average molecular weight is 409 g/mol. The van der Waals surface area contributed by atoms with Crippen molar-refractivity contribution in [2.24, 2.45) is 0 Å². The molecule has 3 heterocycles. The van der Waals surface area contributed by atoms with Crippen LogP contribution >= 0.6 is 0 Å². The van der Waals surface area contributed by atoms with Gasteiger partial charge in [0.15, 0.2) is 5.82 Å². The number of benzene rings is 1. The van der Waals surface area contributed by atoms with E-state index in [9.17, 15) is 0 Å². The van der Waals surface area contributed by atoms with Gasteiger partial charge in [-0.2, -0.15) is 0 Å². The Bertz CT molecular complexity index is 751. The van der Waals surface area contributed by atoms with E-state index < -0.39 is 0 Å². The number of nitrogens with zero attached hydrogens (tertiary/aromatic N) is 6. The molecule has 0 bridgehead atoms. The van der Waals surface area contributed by atoms with E-state index >= 15 is 0 Å². The van der Waals surface area contributed by atoms with Crippen molar-refractivity contribution in [3.05, 3.63) is 36.4 Å². The van der Waals surface area contributed by atoms with E-state index in [0.717, 1.165) is 75.4 Å². The summed E-state index contributed by atoms with van der Waals surface area (Å²) in [5.74, 6) is 3.00. The van der Waals surface area contributed by atoms with Gasteiger partial charge < -0.3 is 19.6 Å². The minimum atomic E-state index is 0.844. The van der Waals surface area contributed by atoms with E-state index in [1.165, 1.54) is 25.9 Å². The average Bonchev–Trinajstić information content (AvgIpc) is 3.20. The van der Waals surface area contributed by atoms with E-state index in [-0.39, 0.29) is 0 Å². The Kier molecular flexibility index (Phi) is 7.18. The molecule has 6 nitrogen and oxygen atoms in total. The van der Waals surface area contributed by atoms with Gasteiger partial charge in [0.25, 0.3) is 0 Å². The van der Waals surface area contributed by atoms with Crippen molar-refractivity contribution in [1.82, 2.24) is 19.8 Å². The lowest BCUT2D eigenvalue weighted by Crippen LogP contribution is -2.33. The van der Waals surface area contributed by atoms with Crippen LogP contribution in [0.25, 0.3) is 11.4 Å². The normalized spacial score (nSPS) is 19.5. The van der Waals surface area contributed by atoms with Gasteiger partial charge in [-0.3, -0.25) is 0 Å². The van der Waals surface area contributed by atoms with Crippen LogP contribution in [0.3, 0.4) is 0 Å². The van der Waals surface area contributed by atoms with Crippen LogP contribution in [0.15, 0.2) is 36.4 Å². The summed E-state index contributed by atoms with van der Waals surface area (Å²) < 4.78 is 0. The van der Waals surface area contributed by atoms with Gasteiger partial charge in [-0.15, -0.1) is 0 Å². The van der Waals surface area contributed by atoms with Crippen LogP contribution in [0.4, 0.5) is 11.6 Å². The van der Waals surface area contributed by atoms with E-state index in [1.807, 2.05) is 0 Å². The van der Waals surface area contributed by atoms with Gasteiger partial charge in [0.2, 0.25) is 0 Å². The van der Waals surface area contributed by atoms with E-state index in [0.29, 0.717) is 0 Å². The molecule has 1 aromatic heterocycles. The number of hydrogen-bond donors (Lipinski definition) is 0. The molecule has 2 fully saturated rings. The molecule has 0 amide bonds. The topological polar surface area (TPSA) is 38.7 Å². The summed E-state index contributed by atoms with van der Waals surface area (Å²) in [6, 6.07) is 12.7. The molecule has 30 heavy (non-hydrogen) atoms. The van der Waals surface area contributed by atoms with Crippen molar-refractivity contribution in [2.75, 3.05) is 75.2 Å². The summed E-state index contributed by atoms with van der Waals surface area (Å²) >= 11 is 0. The lowest BCUT2D eigenvalue weighted by atomic mass is 10.2. The lowest BCUT2D eigenvalue weighted by molar-refractivity contribution is 0.310. The largest absolute Gasteiger partial charge is 0.355 e. The van der Waals surface area contributed by atoms with Gasteiger partial charge in [-0.1, -0.05) is 44.2 Å². The molecule has 0 atom stereocenters. The molecule has 0 aliphatic carbocycles. The van der Waals surface area contributed by atoms with E-state index in [1.54, 1.807) is 0 Å². The smallest absolute Gasteiger partial charge is 0.163 e.